The fraction of sp³-hybridized carbons (Fsp3) is 0.278. The molecule has 25 heavy (non-hydrogen) atoms. The van der Waals surface area contributed by atoms with Crippen molar-refractivity contribution in [2.75, 3.05) is 13.7 Å². The van der Waals surface area contributed by atoms with Crippen molar-refractivity contribution in [1.29, 1.82) is 0 Å². The summed E-state index contributed by atoms with van der Waals surface area (Å²) in [6.45, 7) is 0.496. The van der Waals surface area contributed by atoms with Gasteiger partial charge >= 0.3 is 0 Å². The number of aromatic nitrogens is 2. The van der Waals surface area contributed by atoms with Crippen molar-refractivity contribution in [3.63, 3.8) is 0 Å². The number of nitrogens with zero attached hydrogens (tertiary/aromatic N) is 2. The zero-order valence-corrected chi connectivity index (χ0v) is 14.7. The summed E-state index contributed by atoms with van der Waals surface area (Å²) >= 11 is 0. The molecule has 4 rings (SSSR count). The lowest BCUT2D eigenvalue weighted by atomic mass is 10.2. The maximum absolute atomic E-state index is 13.1. The van der Waals surface area contributed by atoms with E-state index in [4.69, 9.17) is 4.74 Å². The fourth-order valence-corrected chi connectivity index (χ4v) is 4.98. The minimum atomic E-state index is -3.58. The van der Waals surface area contributed by atoms with Crippen LogP contribution in [0.1, 0.15) is 24.7 Å². The molecule has 1 saturated heterocycles. The number of para-hydroxylation sites is 2. The van der Waals surface area contributed by atoms with Gasteiger partial charge in [0.15, 0.2) is 0 Å². The van der Waals surface area contributed by atoms with Gasteiger partial charge in [0.05, 0.1) is 29.1 Å². The smallest absolute Gasteiger partial charge is 0.243 e. The lowest BCUT2D eigenvalue weighted by Crippen LogP contribution is -2.31. The van der Waals surface area contributed by atoms with E-state index in [9.17, 15) is 8.42 Å². The van der Waals surface area contributed by atoms with Gasteiger partial charge in [-0.2, -0.15) is 4.31 Å². The van der Waals surface area contributed by atoms with E-state index in [0.717, 1.165) is 23.9 Å². The Balaban J connectivity index is 1.70. The summed E-state index contributed by atoms with van der Waals surface area (Å²) in [5, 5.41) is 0. The molecule has 0 spiro atoms. The first-order valence-corrected chi connectivity index (χ1v) is 9.64. The molecular weight excluding hydrogens is 338 g/mol. The van der Waals surface area contributed by atoms with Gasteiger partial charge < -0.3 is 9.72 Å². The Morgan fingerprint density at radius 1 is 1.16 bits per heavy atom. The van der Waals surface area contributed by atoms with Crippen LogP contribution in [-0.2, 0) is 10.0 Å². The minimum absolute atomic E-state index is 0.264. The normalized spacial score (nSPS) is 18.7. The van der Waals surface area contributed by atoms with Crippen LogP contribution in [0.25, 0.3) is 11.0 Å². The number of H-pyrrole nitrogens is 1. The zero-order chi connectivity index (χ0) is 17.4. The number of imidazole rings is 1. The van der Waals surface area contributed by atoms with Crippen LogP contribution in [0.5, 0.6) is 5.75 Å². The number of aromatic amines is 1. The summed E-state index contributed by atoms with van der Waals surface area (Å²) in [6, 6.07) is 14.0. The van der Waals surface area contributed by atoms with Gasteiger partial charge in [-0.1, -0.05) is 12.1 Å². The van der Waals surface area contributed by atoms with Crippen LogP contribution in [0.2, 0.25) is 0 Å². The summed E-state index contributed by atoms with van der Waals surface area (Å²) in [4.78, 5) is 8.14. The van der Waals surface area contributed by atoms with E-state index in [1.165, 1.54) is 0 Å². The standard InChI is InChI=1S/C18H19N3O3S/c1-24-13-8-10-14(11-9-13)25(22,23)21-12-4-7-17(21)18-19-15-5-2-3-6-16(15)20-18/h2-3,5-6,8-11,17H,4,7,12H2,1H3,(H,19,20)/t17-/m1/s1. The van der Waals surface area contributed by atoms with Gasteiger partial charge in [-0.15, -0.1) is 0 Å². The average Bonchev–Trinajstić information content (AvgIpc) is 3.28. The third-order valence-electron chi connectivity index (χ3n) is 4.59. The number of ether oxygens (including phenoxy) is 1. The summed E-state index contributed by atoms with van der Waals surface area (Å²) in [5.74, 6) is 1.34. The number of hydrogen-bond donors (Lipinski definition) is 1. The van der Waals surface area contributed by atoms with Gasteiger partial charge in [0.1, 0.15) is 11.6 Å². The zero-order valence-electron chi connectivity index (χ0n) is 13.8. The van der Waals surface area contributed by atoms with Gasteiger partial charge in [0.2, 0.25) is 10.0 Å². The molecular formula is C18H19N3O3S. The lowest BCUT2D eigenvalue weighted by molar-refractivity contribution is 0.385. The van der Waals surface area contributed by atoms with E-state index in [-0.39, 0.29) is 10.9 Å². The molecule has 1 atom stereocenters. The van der Waals surface area contributed by atoms with Crippen molar-refractivity contribution in [1.82, 2.24) is 14.3 Å². The fourth-order valence-electron chi connectivity index (χ4n) is 3.31. The van der Waals surface area contributed by atoms with E-state index in [1.54, 1.807) is 35.7 Å². The first-order valence-electron chi connectivity index (χ1n) is 8.20. The van der Waals surface area contributed by atoms with Crippen LogP contribution < -0.4 is 4.74 Å². The van der Waals surface area contributed by atoms with Crippen LogP contribution in [0.4, 0.5) is 0 Å². The monoisotopic (exact) mass is 357 g/mol. The molecule has 0 amide bonds. The molecule has 3 aromatic rings. The van der Waals surface area contributed by atoms with E-state index >= 15 is 0 Å². The maximum atomic E-state index is 13.1. The lowest BCUT2D eigenvalue weighted by Gasteiger charge is -2.22. The summed E-state index contributed by atoms with van der Waals surface area (Å²) < 4.78 is 32.8. The number of benzene rings is 2. The molecule has 6 nitrogen and oxygen atoms in total. The van der Waals surface area contributed by atoms with Crippen LogP contribution in [0, 0.1) is 0 Å². The first kappa shape index (κ1) is 16.1. The maximum Gasteiger partial charge on any atom is 0.243 e. The number of methoxy groups -OCH3 is 1. The highest BCUT2D eigenvalue weighted by atomic mass is 32.2. The van der Waals surface area contributed by atoms with Crippen LogP contribution in [-0.4, -0.2) is 36.3 Å². The molecule has 1 N–H and O–H groups in total. The third-order valence-corrected chi connectivity index (χ3v) is 6.52. The summed E-state index contributed by atoms with van der Waals surface area (Å²) in [5.41, 5.74) is 1.78. The Hall–Kier alpha value is -2.38. The van der Waals surface area contributed by atoms with Crippen LogP contribution in [0.15, 0.2) is 53.4 Å². The number of hydrogen-bond acceptors (Lipinski definition) is 4. The molecule has 2 aromatic carbocycles. The van der Waals surface area contributed by atoms with E-state index in [1.807, 2.05) is 24.3 Å². The largest absolute Gasteiger partial charge is 0.497 e. The molecule has 0 saturated carbocycles. The van der Waals surface area contributed by atoms with Crippen molar-refractivity contribution in [3.8, 4) is 5.75 Å². The van der Waals surface area contributed by atoms with E-state index < -0.39 is 10.0 Å². The SMILES string of the molecule is COc1ccc(S(=O)(=O)N2CCC[C@@H]2c2nc3ccccc3[nH]2)cc1. The van der Waals surface area contributed by atoms with Crippen molar-refractivity contribution in [2.24, 2.45) is 0 Å². The highest BCUT2D eigenvalue weighted by Crippen LogP contribution is 2.36. The van der Waals surface area contributed by atoms with Gasteiger partial charge in [-0.25, -0.2) is 13.4 Å². The Morgan fingerprint density at radius 2 is 1.92 bits per heavy atom. The van der Waals surface area contributed by atoms with E-state index in [2.05, 4.69) is 9.97 Å². The average molecular weight is 357 g/mol. The second kappa shape index (κ2) is 6.16. The quantitative estimate of drug-likeness (QED) is 0.778. The Bertz CT molecular complexity index is 963. The Morgan fingerprint density at radius 3 is 2.64 bits per heavy atom. The van der Waals surface area contributed by atoms with Crippen molar-refractivity contribution in [2.45, 2.75) is 23.8 Å². The third kappa shape index (κ3) is 2.79. The van der Waals surface area contributed by atoms with Crippen LogP contribution in [0.3, 0.4) is 0 Å². The predicted molar refractivity (Wildman–Crippen MR) is 95.0 cm³/mol. The highest BCUT2D eigenvalue weighted by molar-refractivity contribution is 7.89. The summed E-state index contributed by atoms with van der Waals surface area (Å²) in [6.07, 6.45) is 1.58. The van der Waals surface area contributed by atoms with E-state index in [0.29, 0.717) is 18.1 Å². The number of rotatable bonds is 4. The molecule has 0 radical (unpaired) electrons. The van der Waals surface area contributed by atoms with Gasteiger partial charge in [0.25, 0.3) is 0 Å². The predicted octanol–water partition coefficient (Wildman–Crippen LogP) is 3.10. The first-order chi connectivity index (χ1) is 12.1. The molecule has 2 heterocycles. The Kier molecular flexibility index (Phi) is 3.97. The van der Waals surface area contributed by atoms with Crippen molar-refractivity contribution >= 4 is 21.1 Å². The molecule has 130 valence electrons. The highest BCUT2D eigenvalue weighted by Gasteiger charge is 2.37. The minimum Gasteiger partial charge on any atom is -0.497 e. The molecule has 0 aliphatic carbocycles. The summed E-state index contributed by atoms with van der Waals surface area (Å²) in [7, 11) is -2.02. The van der Waals surface area contributed by atoms with Crippen molar-refractivity contribution in [3.05, 3.63) is 54.4 Å². The molecule has 0 bridgehead atoms. The molecule has 1 aliphatic rings. The van der Waals surface area contributed by atoms with Crippen molar-refractivity contribution < 1.29 is 13.2 Å². The number of sulfonamides is 1. The molecule has 1 aromatic heterocycles. The van der Waals surface area contributed by atoms with Gasteiger partial charge in [-0.3, -0.25) is 0 Å². The number of nitrogens with one attached hydrogen (secondary N) is 1. The topological polar surface area (TPSA) is 75.3 Å². The van der Waals surface area contributed by atoms with Gasteiger partial charge in [0, 0.05) is 6.54 Å². The molecule has 0 unspecified atom stereocenters. The molecule has 1 aliphatic heterocycles. The number of fused-ring (bicyclic) bond motifs is 1. The second-order valence-electron chi connectivity index (χ2n) is 6.09. The molecule has 7 heteroatoms. The van der Waals surface area contributed by atoms with Gasteiger partial charge in [-0.05, 0) is 49.2 Å². The second-order valence-corrected chi connectivity index (χ2v) is 7.98. The van der Waals surface area contributed by atoms with Crippen LogP contribution >= 0.6 is 0 Å². The molecule has 1 fully saturated rings. The Labute approximate surface area is 146 Å².